The van der Waals surface area contributed by atoms with E-state index < -0.39 is 0 Å². The highest BCUT2D eigenvalue weighted by Gasteiger charge is 2.13. The Kier molecular flexibility index (Phi) is 4.85. The van der Waals surface area contributed by atoms with Crippen LogP contribution in [0.4, 0.5) is 0 Å². The number of benzene rings is 2. The molecule has 0 bridgehead atoms. The van der Waals surface area contributed by atoms with Crippen molar-refractivity contribution in [2.75, 3.05) is 0 Å². The van der Waals surface area contributed by atoms with Crippen molar-refractivity contribution in [3.05, 3.63) is 69.7 Å². The summed E-state index contributed by atoms with van der Waals surface area (Å²) in [6.07, 6.45) is 0. The third kappa shape index (κ3) is 3.62. The highest BCUT2D eigenvalue weighted by molar-refractivity contribution is 6.30. The normalized spacial score (nSPS) is 14.1. The molecule has 106 valence electrons. The summed E-state index contributed by atoms with van der Waals surface area (Å²) in [6, 6.07) is 15.3. The van der Waals surface area contributed by atoms with Crippen molar-refractivity contribution in [3.8, 4) is 0 Å². The summed E-state index contributed by atoms with van der Waals surface area (Å²) in [5, 5.41) is 4.44. The first-order chi connectivity index (χ1) is 9.47. The lowest BCUT2D eigenvalue weighted by atomic mass is 9.98. The Bertz CT molecular complexity index is 574. The van der Waals surface area contributed by atoms with E-state index in [1.807, 2.05) is 12.1 Å². The molecule has 0 saturated carbocycles. The van der Waals surface area contributed by atoms with E-state index in [9.17, 15) is 0 Å². The monoisotopic (exact) mass is 287 g/mol. The van der Waals surface area contributed by atoms with Gasteiger partial charge in [0.25, 0.3) is 0 Å². The molecular formula is C18H22ClN. The molecule has 0 radical (unpaired) electrons. The molecule has 0 aliphatic rings. The molecule has 1 N–H and O–H groups in total. The zero-order valence-corrected chi connectivity index (χ0v) is 13.3. The van der Waals surface area contributed by atoms with E-state index in [4.69, 9.17) is 11.6 Å². The fourth-order valence-corrected chi connectivity index (χ4v) is 2.66. The number of rotatable bonds is 4. The molecular weight excluding hydrogens is 266 g/mol. The van der Waals surface area contributed by atoms with Gasteiger partial charge >= 0.3 is 0 Å². The van der Waals surface area contributed by atoms with Crippen molar-refractivity contribution in [3.63, 3.8) is 0 Å². The second kappa shape index (κ2) is 6.43. The molecule has 0 spiro atoms. The van der Waals surface area contributed by atoms with Gasteiger partial charge in [-0.3, -0.25) is 0 Å². The van der Waals surface area contributed by atoms with Crippen LogP contribution in [0.3, 0.4) is 0 Å². The minimum Gasteiger partial charge on any atom is -0.304 e. The SMILES string of the molecule is Cc1ccc(C)c(C(C)NC(C)c2ccc(Cl)cc2)c1. The smallest absolute Gasteiger partial charge is 0.0406 e. The average molecular weight is 288 g/mol. The largest absolute Gasteiger partial charge is 0.304 e. The standard InChI is InChI=1S/C18H22ClN/c1-12-5-6-13(2)18(11-12)15(4)20-14(3)16-7-9-17(19)10-8-16/h5-11,14-15,20H,1-4H3. The molecule has 2 aromatic rings. The van der Waals surface area contributed by atoms with Crippen LogP contribution in [0.15, 0.2) is 42.5 Å². The van der Waals surface area contributed by atoms with E-state index in [1.165, 1.54) is 22.3 Å². The zero-order chi connectivity index (χ0) is 14.7. The van der Waals surface area contributed by atoms with E-state index in [0.29, 0.717) is 12.1 Å². The van der Waals surface area contributed by atoms with E-state index in [2.05, 4.69) is 63.3 Å². The summed E-state index contributed by atoms with van der Waals surface area (Å²) in [5.41, 5.74) is 5.26. The predicted octanol–water partition coefficient (Wildman–Crippen LogP) is 5.37. The van der Waals surface area contributed by atoms with Gasteiger partial charge in [-0.25, -0.2) is 0 Å². The molecule has 2 unspecified atom stereocenters. The van der Waals surface area contributed by atoms with Gasteiger partial charge in [0, 0.05) is 17.1 Å². The first-order valence-corrected chi connectivity index (χ1v) is 7.44. The van der Waals surface area contributed by atoms with Crippen molar-refractivity contribution in [1.82, 2.24) is 5.32 Å². The van der Waals surface area contributed by atoms with Crippen LogP contribution in [0, 0.1) is 13.8 Å². The van der Waals surface area contributed by atoms with Gasteiger partial charge in [-0.05, 0) is 56.5 Å². The maximum absolute atomic E-state index is 5.94. The van der Waals surface area contributed by atoms with E-state index in [0.717, 1.165) is 5.02 Å². The van der Waals surface area contributed by atoms with Crippen LogP contribution >= 0.6 is 11.6 Å². The summed E-state index contributed by atoms with van der Waals surface area (Å²) in [5.74, 6) is 0. The maximum atomic E-state index is 5.94. The second-order valence-electron chi connectivity index (χ2n) is 5.52. The fraction of sp³-hybridized carbons (Fsp3) is 0.333. The quantitative estimate of drug-likeness (QED) is 0.797. The van der Waals surface area contributed by atoms with Crippen LogP contribution in [0.2, 0.25) is 5.02 Å². The Morgan fingerprint density at radius 3 is 2.20 bits per heavy atom. The van der Waals surface area contributed by atoms with Crippen molar-refractivity contribution < 1.29 is 0 Å². The average Bonchev–Trinajstić information content (AvgIpc) is 2.42. The lowest BCUT2D eigenvalue weighted by molar-refractivity contribution is 0.493. The molecule has 2 heteroatoms. The van der Waals surface area contributed by atoms with Gasteiger partial charge in [-0.1, -0.05) is 47.5 Å². The second-order valence-corrected chi connectivity index (χ2v) is 5.96. The summed E-state index contributed by atoms with van der Waals surface area (Å²) in [4.78, 5) is 0. The van der Waals surface area contributed by atoms with Gasteiger partial charge in [0.2, 0.25) is 0 Å². The molecule has 2 aromatic carbocycles. The van der Waals surface area contributed by atoms with Gasteiger partial charge in [-0.15, -0.1) is 0 Å². The van der Waals surface area contributed by atoms with Crippen LogP contribution in [0.25, 0.3) is 0 Å². The van der Waals surface area contributed by atoms with Gasteiger partial charge < -0.3 is 5.32 Å². The first-order valence-electron chi connectivity index (χ1n) is 7.06. The zero-order valence-electron chi connectivity index (χ0n) is 12.6. The number of halogens is 1. The molecule has 0 aliphatic heterocycles. The topological polar surface area (TPSA) is 12.0 Å². The van der Waals surface area contributed by atoms with Gasteiger partial charge in [0.1, 0.15) is 0 Å². The van der Waals surface area contributed by atoms with Crippen LogP contribution in [0.5, 0.6) is 0 Å². The van der Waals surface area contributed by atoms with Crippen molar-refractivity contribution in [1.29, 1.82) is 0 Å². The Labute approximate surface area is 127 Å². The number of aryl methyl sites for hydroxylation is 2. The molecule has 0 aliphatic carbocycles. The molecule has 2 atom stereocenters. The molecule has 2 rings (SSSR count). The van der Waals surface area contributed by atoms with Crippen LogP contribution in [-0.2, 0) is 0 Å². The van der Waals surface area contributed by atoms with Gasteiger partial charge in [-0.2, -0.15) is 0 Å². The van der Waals surface area contributed by atoms with E-state index in [-0.39, 0.29) is 0 Å². The van der Waals surface area contributed by atoms with E-state index in [1.54, 1.807) is 0 Å². The third-order valence-corrected chi connectivity index (χ3v) is 4.02. The fourth-order valence-electron chi connectivity index (χ4n) is 2.54. The number of hydrogen-bond donors (Lipinski definition) is 1. The highest BCUT2D eigenvalue weighted by atomic mass is 35.5. The summed E-state index contributed by atoms with van der Waals surface area (Å²) >= 11 is 5.94. The van der Waals surface area contributed by atoms with Crippen LogP contribution < -0.4 is 5.32 Å². The van der Waals surface area contributed by atoms with Crippen molar-refractivity contribution in [2.24, 2.45) is 0 Å². The molecule has 0 heterocycles. The van der Waals surface area contributed by atoms with Gasteiger partial charge in [0.05, 0.1) is 0 Å². The summed E-state index contributed by atoms with van der Waals surface area (Å²) in [6.45, 7) is 8.71. The lowest BCUT2D eigenvalue weighted by Gasteiger charge is -2.22. The Morgan fingerprint density at radius 1 is 0.900 bits per heavy atom. The highest BCUT2D eigenvalue weighted by Crippen LogP contribution is 2.23. The molecule has 1 nitrogen and oxygen atoms in total. The Balaban J connectivity index is 2.12. The van der Waals surface area contributed by atoms with Crippen molar-refractivity contribution >= 4 is 11.6 Å². The predicted molar refractivity (Wildman–Crippen MR) is 87.3 cm³/mol. The molecule has 0 fully saturated rings. The van der Waals surface area contributed by atoms with Crippen molar-refractivity contribution in [2.45, 2.75) is 39.8 Å². The van der Waals surface area contributed by atoms with Crippen LogP contribution in [-0.4, -0.2) is 0 Å². The van der Waals surface area contributed by atoms with E-state index >= 15 is 0 Å². The molecule has 0 amide bonds. The summed E-state index contributed by atoms with van der Waals surface area (Å²) < 4.78 is 0. The third-order valence-electron chi connectivity index (χ3n) is 3.77. The molecule has 20 heavy (non-hydrogen) atoms. The minimum atomic E-state index is 0.294. The lowest BCUT2D eigenvalue weighted by Crippen LogP contribution is -2.23. The summed E-state index contributed by atoms with van der Waals surface area (Å²) in [7, 11) is 0. The Hall–Kier alpha value is -1.31. The van der Waals surface area contributed by atoms with Crippen LogP contribution in [0.1, 0.15) is 48.2 Å². The Morgan fingerprint density at radius 2 is 1.55 bits per heavy atom. The number of hydrogen-bond acceptors (Lipinski definition) is 1. The number of nitrogens with one attached hydrogen (secondary N) is 1. The van der Waals surface area contributed by atoms with Gasteiger partial charge in [0.15, 0.2) is 0 Å². The minimum absolute atomic E-state index is 0.294. The maximum Gasteiger partial charge on any atom is 0.0406 e. The molecule has 0 saturated heterocycles. The molecule has 0 aromatic heterocycles. The first kappa shape index (κ1) is 15.1.